The lowest BCUT2D eigenvalue weighted by molar-refractivity contribution is 0.401. The zero-order valence-electron chi connectivity index (χ0n) is 10.4. The minimum absolute atomic E-state index is 0.104. The van der Waals surface area contributed by atoms with Crippen molar-refractivity contribution in [3.8, 4) is 5.75 Å². The first-order valence-corrected chi connectivity index (χ1v) is 5.95. The summed E-state index contributed by atoms with van der Waals surface area (Å²) in [6.07, 6.45) is 0.781. The van der Waals surface area contributed by atoms with Crippen LogP contribution < -0.4 is 10.5 Å². The van der Waals surface area contributed by atoms with Gasteiger partial charge in [0.1, 0.15) is 5.75 Å². The molecule has 0 aliphatic heterocycles. The molecule has 1 aromatic carbocycles. The second kappa shape index (κ2) is 5.55. The zero-order chi connectivity index (χ0) is 12.3. The average molecular weight is 242 g/mol. The Bertz CT molecular complexity index is 361. The van der Waals surface area contributed by atoms with E-state index in [9.17, 15) is 0 Å². The molecule has 0 radical (unpaired) electrons. The van der Waals surface area contributed by atoms with E-state index in [4.69, 9.17) is 22.1 Å². The van der Waals surface area contributed by atoms with E-state index in [2.05, 4.69) is 13.8 Å². The van der Waals surface area contributed by atoms with Crippen LogP contribution in [-0.4, -0.2) is 13.2 Å². The molecule has 2 N–H and O–H groups in total. The maximum absolute atomic E-state index is 6.11. The highest BCUT2D eigenvalue weighted by Crippen LogP contribution is 2.33. The van der Waals surface area contributed by atoms with Gasteiger partial charge in [-0.2, -0.15) is 0 Å². The number of nitrogens with two attached hydrogens (primary N) is 1. The molecular formula is C13H20ClNO. The first kappa shape index (κ1) is 13.3. The molecule has 0 aliphatic carbocycles. The lowest BCUT2D eigenvalue weighted by Gasteiger charge is -2.17. The van der Waals surface area contributed by atoms with Gasteiger partial charge in [-0.25, -0.2) is 0 Å². The lowest BCUT2D eigenvalue weighted by Crippen LogP contribution is -2.18. The number of halogens is 1. The predicted octanol–water partition coefficient (Wildman–Crippen LogP) is 3.36. The number of ether oxygens (including phenoxy) is 1. The summed E-state index contributed by atoms with van der Waals surface area (Å²) in [4.78, 5) is 0. The molecule has 16 heavy (non-hydrogen) atoms. The Morgan fingerprint density at radius 3 is 2.38 bits per heavy atom. The molecule has 0 aliphatic rings. The van der Waals surface area contributed by atoms with Crippen molar-refractivity contribution >= 4 is 11.6 Å². The Morgan fingerprint density at radius 1 is 1.31 bits per heavy atom. The third-order valence-electron chi connectivity index (χ3n) is 2.53. The van der Waals surface area contributed by atoms with Crippen molar-refractivity contribution in [1.82, 2.24) is 0 Å². The van der Waals surface area contributed by atoms with E-state index >= 15 is 0 Å². The van der Waals surface area contributed by atoms with Crippen LogP contribution in [0.5, 0.6) is 5.75 Å². The standard InChI is InChI=1S/C13H20ClNO/c1-8(2)12-7-11(14)6-10(5-9(3)15)13(12)16-4/h6-9H,5,15H2,1-4H3. The Kier molecular flexibility index (Phi) is 4.63. The predicted molar refractivity (Wildman–Crippen MR) is 69.4 cm³/mol. The number of methoxy groups -OCH3 is 1. The average Bonchev–Trinajstić information content (AvgIpc) is 2.15. The van der Waals surface area contributed by atoms with Gasteiger partial charge in [0.2, 0.25) is 0 Å². The molecule has 3 heteroatoms. The first-order valence-electron chi connectivity index (χ1n) is 5.57. The highest BCUT2D eigenvalue weighted by Gasteiger charge is 2.14. The summed E-state index contributed by atoms with van der Waals surface area (Å²) in [5.74, 6) is 1.32. The van der Waals surface area contributed by atoms with Gasteiger partial charge in [0, 0.05) is 11.1 Å². The van der Waals surface area contributed by atoms with E-state index in [0.717, 1.165) is 28.3 Å². The molecule has 0 amide bonds. The zero-order valence-corrected chi connectivity index (χ0v) is 11.1. The molecule has 1 aromatic rings. The Balaban J connectivity index is 3.24. The van der Waals surface area contributed by atoms with Gasteiger partial charge in [-0.05, 0) is 42.5 Å². The van der Waals surface area contributed by atoms with Crippen LogP contribution in [0.15, 0.2) is 12.1 Å². The minimum atomic E-state index is 0.104. The smallest absolute Gasteiger partial charge is 0.125 e. The summed E-state index contributed by atoms with van der Waals surface area (Å²) in [5.41, 5.74) is 8.06. The molecular weight excluding hydrogens is 222 g/mol. The molecule has 0 aromatic heterocycles. The molecule has 1 rings (SSSR count). The maximum atomic E-state index is 6.11. The number of rotatable bonds is 4. The summed E-state index contributed by atoms with van der Waals surface area (Å²) in [7, 11) is 1.69. The Labute approximate surface area is 103 Å². The monoisotopic (exact) mass is 241 g/mol. The summed E-state index contributed by atoms with van der Waals surface area (Å²) in [5, 5.41) is 0.750. The highest BCUT2D eigenvalue weighted by molar-refractivity contribution is 6.30. The molecule has 2 nitrogen and oxygen atoms in total. The van der Waals surface area contributed by atoms with Crippen molar-refractivity contribution in [2.45, 2.75) is 39.2 Å². The quantitative estimate of drug-likeness (QED) is 0.877. The molecule has 0 saturated heterocycles. The van der Waals surface area contributed by atoms with Gasteiger partial charge in [0.05, 0.1) is 7.11 Å². The van der Waals surface area contributed by atoms with Gasteiger partial charge in [-0.1, -0.05) is 25.4 Å². The normalized spacial score (nSPS) is 12.9. The van der Waals surface area contributed by atoms with Crippen LogP contribution in [-0.2, 0) is 6.42 Å². The summed E-state index contributed by atoms with van der Waals surface area (Å²) < 4.78 is 5.48. The van der Waals surface area contributed by atoms with Gasteiger partial charge in [-0.3, -0.25) is 0 Å². The van der Waals surface area contributed by atoms with Crippen LogP contribution in [0.4, 0.5) is 0 Å². The molecule has 1 unspecified atom stereocenters. The largest absolute Gasteiger partial charge is 0.496 e. The molecule has 0 heterocycles. The topological polar surface area (TPSA) is 35.2 Å². The minimum Gasteiger partial charge on any atom is -0.496 e. The van der Waals surface area contributed by atoms with Crippen LogP contribution in [0.2, 0.25) is 5.02 Å². The van der Waals surface area contributed by atoms with Gasteiger partial charge in [0.15, 0.2) is 0 Å². The highest BCUT2D eigenvalue weighted by atomic mass is 35.5. The third kappa shape index (κ3) is 3.13. The van der Waals surface area contributed by atoms with Gasteiger partial charge in [-0.15, -0.1) is 0 Å². The molecule has 0 spiro atoms. The first-order chi connectivity index (χ1) is 7.45. The summed E-state index contributed by atoms with van der Waals surface area (Å²) >= 11 is 6.11. The number of hydrogen-bond donors (Lipinski definition) is 1. The van der Waals surface area contributed by atoms with Gasteiger partial charge in [0.25, 0.3) is 0 Å². The van der Waals surface area contributed by atoms with Crippen molar-refractivity contribution in [2.75, 3.05) is 7.11 Å². The second-order valence-corrected chi connectivity index (χ2v) is 4.96. The number of benzene rings is 1. The van der Waals surface area contributed by atoms with E-state index in [-0.39, 0.29) is 6.04 Å². The van der Waals surface area contributed by atoms with E-state index in [1.807, 2.05) is 19.1 Å². The Hall–Kier alpha value is -0.730. The van der Waals surface area contributed by atoms with E-state index in [1.54, 1.807) is 7.11 Å². The number of hydrogen-bond acceptors (Lipinski definition) is 2. The van der Waals surface area contributed by atoms with Crippen molar-refractivity contribution in [2.24, 2.45) is 5.73 Å². The maximum Gasteiger partial charge on any atom is 0.125 e. The Morgan fingerprint density at radius 2 is 1.94 bits per heavy atom. The van der Waals surface area contributed by atoms with Crippen LogP contribution >= 0.6 is 11.6 Å². The fourth-order valence-electron chi connectivity index (χ4n) is 1.85. The van der Waals surface area contributed by atoms with Crippen molar-refractivity contribution < 1.29 is 4.74 Å². The summed E-state index contributed by atoms with van der Waals surface area (Å²) in [6.45, 7) is 6.24. The fraction of sp³-hybridized carbons (Fsp3) is 0.538. The fourth-order valence-corrected chi connectivity index (χ4v) is 2.10. The summed E-state index contributed by atoms with van der Waals surface area (Å²) in [6, 6.07) is 4.01. The molecule has 0 saturated carbocycles. The van der Waals surface area contributed by atoms with Crippen LogP contribution in [0.3, 0.4) is 0 Å². The lowest BCUT2D eigenvalue weighted by atomic mass is 9.96. The van der Waals surface area contributed by atoms with Gasteiger partial charge < -0.3 is 10.5 Å². The van der Waals surface area contributed by atoms with E-state index in [1.165, 1.54) is 0 Å². The SMILES string of the molecule is COc1c(CC(C)N)cc(Cl)cc1C(C)C. The van der Waals surface area contributed by atoms with Crippen LogP contribution in [0.25, 0.3) is 0 Å². The molecule has 90 valence electrons. The van der Waals surface area contributed by atoms with Crippen LogP contribution in [0.1, 0.15) is 37.8 Å². The molecule has 0 bridgehead atoms. The molecule has 0 fully saturated rings. The second-order valence-electron chi connectivity index (χ2n) is 4.52. The van der Waals surface area contributed by atoms with Crippen molar-refractivity contribution in [1.29, 1.82) is 0 Å². The van der Waals surface area contributed by atoms with E-state index < -0.39 is 0 Å². The molecule has 1 atom stereocenters. The van der Waals surface area contributed by atoms with Crippen molar-refractivity contribution in [3.63, 3.8) is 0 Å². The third-order valence-corrected chi connectivity index (χ3v) is 2.75. The van der Waals surface area contributed by atoms with Gasteiger partial charge >= 0.3 is 0 Å². The van der Waals surface area contributed by atoms with Crippen LogP contribution in [0, 0.1) is 0 Å². The van der Waals surface area contributed by atoms with Crippen molar-refractivity contribution in [3.05, 3.63) is 28.3 Å². The van der Waals surface area contributed by atoms with E-state index in [0.29, 0.717) is 5.92 Å².